The molecule has 0 N–H and O–H groups in total. The van der Waals surface area contributed by atoms with E-state index in [1.54, 1.807) is 11.1 Å². The van der Waals surface area contributed by atoms with Crippen molar-refractivity contribution in [1.82, 2.24) is 4.90 Å². The number of rotatable bonds is 1. The first-order valence-electron chi connectivity index (χ1n) is 6.49. The van der Waals surface area contributed by atoms with Crippen molar-refractivity contribution in [2.24, 2.45) is 0 Å². The molecule has 1 heterocycles. The minimum absolute atomic E-state index is 0.447. The third kappa shape index (κ3) is 1.75. The fourth-order valence-electron chi connectivity index (χ4n) is 3.28. The van der Waals surface area contributed by atoms with Crippen LogP contribution in [0.25, 0.3) is 0 Å². The second kappa shape index (κ2) is 4.17. The average Bonchev–Trinajstić information content (AvgIpc) is 2.74. The Labute approximate surface area is 97.0 Å². The molecule has 1 atom stereocenters. The maximum atomic E-state index is 11.3. The fourth-order valence-corrected chi connectivity index (χ4v) is 3.28. The van der Waals surface area contributed by atoms with Crippen molar-refractivity contribution in [3.8, 4) is 0 Å². The highest BCUT2D eigenvalue weighted by atomic mass is 16.1. The zero-order chi connectivity index (χ0) is 11.0. The summed E-state index contributed by atoms with van der Waals surface area (Å²) < 4.78 is 0. The van der Waals surface area contributed by atoms with Crippen molar-refractivity contribution >= 4 is 5.78 Å². The zero-order valence-corrected chi connectivity index (χ0v) is 9.74. The molecule has 3 aliphatic rings. The molecule has 0 radical (unpaired) electrons. The lowest BCUT2D eigenvalue weighted by Gasteiger charge is -2.33. The maximum Gasteiger partial charge on any atom is 0.135 e. The first-order chi connectivity index (χ1) is 7.84. The van der Waals surface area contributed by atoms with Gasteiger partial charge in [0.25, 0.3) is 0 Å². The largest absolute Gasteiger partial charge is 0.300 e. The van der Waals surface area contributed by atoms with Gasteiger partial charge in [-0.3, -0.25) is 9.69 Å². The summed E-state index contributed by atoms with van der Waals surface area (Å²) in [6.45, 7) is 1.96. The first kappa shape index (κ1) is 10.3. The van der Waals surface area contributed by atoms with E-state index >= 15 is 0 Å². The summed E-state index contributed by atoms with van der Waals surface area (Å²) in [5.74, 6) is 0.447. The summed E-state index contributed by atoms with van der Waals surface area (Å²) in [6, 6.07) is 0.625. The van der Waals surface area contributed by atoms with Crippen molar-refractivity contribution in [2.75, 3.05) is 13.1 Å². The predicted octanol–water partition coefficient (Wildman–Crippen LogP) is 2.46. The average molecular weight is 217 g/mol. The lowest BCUT2D eigenvalue weighted by atomic mass is 9.97. The highest BCUT2D eigenvalue weighted by molar-refractivity contribution is 5.79. The topological polar surface area (TPSA) is 20.3 Å². The molecule has 0 saturated carbocycles. The molecule has 0 bridgehead atoms. The number of piperidine rings is 1. The van der Waals surface area contributed by atoms with Crippen molar-refractivity contribution < 1.29 is 4.79 Å². The smallest absolute Gasteiger partial charge is 0.135 e. The molecule has 1 saturated heterocycles. The van der Waals surface area contributed by atoms with E-state index in [9.17, 15) is 4.79 Å². The van der Waals surface area contributed by atoms with Crippen molar-refractivity contribution in [3.63, 3.8) is 0 Å². The van der Waals surface area contributed by atoms with Gasteiger partial charge in [0.1, 0.15) is 5.78 Å². The number of allylic oxidation sites excluding steroid dienone is 2. The van der Waals surface area contributed by atoms with E-state index in [0.29, 0.717) is 11.8 Å². The van der Waals surface area contributed by atoms with E-state index in [4.69, 9.17) is 0 Å². The van der Waals surface area contributed by atoms with Gasteiger partial charge in [0.05, 0.1) is 0 Å². The second-order valence-corrected chi connectivity index (χ2v) is 5.13. The molecule has 3 rings (SSSR count). The molecule has 0 aromatic carbocycles. The van der Waals surface area contributed by atoms with Crippen LogP contribution in [0.4, 0.5) is 0 Å². The van der Waals surface area contributed by atoms with E-state index in [2.05, 4.69) is 17.1 Å². The lowest BCUT2D eigenvalue weighted by Crippen LogP contribution is -2.41. The number of nitrogens with zero attached hydrogens (tertiary/aromatic N) is 1. The molecular weight excluding hydrogens is 198 g/mol. The maximum absolute atomic E-state index is 11.3. The predicted molar refractivity (Wildman–Crippen MR) is 64.2 cm³/mol. The lowest BCUT2D eigenvalue weighted by molar-refractivity contribution is -0.121. The molecule has 86 valence electrons. The Kier molecular flexibility index (Phi) is 2.68. The molecule has 0 spiro atoms. The van der Waals surface area contributed by atoms with E-state index in [0.717, 1.165) is 25.9 Å². The van der Waals surface area contributed by atoms with Crippen LogP contribution in [0.1, 0.15) is 38.5 Å². The summed E-state index contributed by atoms with van der Waals surface area (Å²) >= 11 is 0. The number of likely N-dealkylation sites (tertiary alicyclic amines) is 1. The van der Waals surface area contributed by atoms with Crippen LogP contribution in [0.15, 0.2) is 23.3 Å². The zero-order valence-electron chi connectivity index (χ0n) is 9.74. The summed E-state index contributed by atoms with van der Waals surface area (Å²) in [4.78, 5) is 13.8. The van der Waals surface area contributed by atoms with Gasteiger partial charge in [0.2, 0.25) is 0 Å². The second-order valence-electron chi connectivity index (χ2n) is 5.13. The van der Waals surface area contributed by atoms with Gasteiger partial charge in [-0.1, -0.05) is 17.7 Å². The highest BCUT2D eigenvalue weighted by Crippen LogP contribution is 2.36. The normalized spacial score (nSPS) is 31.0. The molecule has 2 heteroatoms. The number of carbonyl (C=O) groups excluding carboxylic acids is 1. The number of carbonyl (C=O) groups is 1. The highest BCUT2D eigenvalue weighted by Gasteiger charge is 2.31. The van der Waals surface area contributed by atoms with Crippen LogP contribution < -0.4 is 0 Å². The standard InChI is InChI=1S/C14H19NO/c16-12-7-9-15(10-8-12)14-6-5-11-3-1-2-4-13(11)14/h2,4,14H,1,3,5-10H2/t14-/m1/s1. The monoisotopic (exact) mass is 217 g/mol. The molecule has 1 fully saturated rings. The Hall–Kier alpha value is -0.890. The van der Waals surface area contributed by atoms with Crippen LogP contribution in [0.2, 0.25) is 0 Å². The van der Waals surface area contributed by atoms with Gasteiger partial charge in [-0.2, -0.15) is 0 Å². The fraction of sp³-hybridized carbons (Fsp3) is 0.643. The van der Waals surface area contributed by atoms with Crippen molar-refractivity contribution in [2.45, 2.75) is 44.6 Å². The number of hydrogen-bond donors (Lipinski definition) is 0. The Morgan fingerprint density at radius 1 is 1.12 bits per heavy atom. The van der Waals surface area contributed by atoms with Gasteiger partial charge in [-0.05, 0) is 31.3 Å². The molecule has 0 aromatic heterocycles. The SMILES string of the molecule is O=C1CCN([C@@H]2CCC3=C2C=CCC3)CC1. The Balaban J connectivity index is 1.74. The molecule has 2 nitrogen and oxygen atoms in total. The number of hydrogen-bond acceptors (Lipinski definition) is 2. The van der Waals surface area contributed by atoms with Crippen molar-refractivity contribution in [3.05, 3.63) is 23.3 Å². The molecule has 2 aliphatic carbocycles. The summed E-state index contributed by atoms with van der Waals surface area (Å²) in [6.07, 6.45) is 11.3. The van der Waals surface area contributed by atoms with Gasteiger partial charge in [-0.25, -0.2) is 0 Å². The summed E-state index contributed by atoms with van der Waals surface area (Å²) in [7, 11) is 0. The Bertz CT molecular complexity index is 357. The van der Waals surface area contributed by atoms with E-state index < -0.39 is 0 Å². The Morgan fingerprint density at radius 2 is 1.94 bits per heavy atom. The summed E-state index contributed by atoms with van der Waals surface area (Å²) in [5, 5.41) is 0. The quantitative estimate of drug-likeness (QED) is 0.672. The molecule has 16 heavy (non-hydrogen) atoms. The number of Topliss-reactive ketones (excluding diaryl/α,β-unsaturated/α-hetero) is 1. The van der Waals surface area contributed by atoms with Crippen LogP contribution in [-0.4, -0.2) is 29.8 Å². The first-order valence-corrected chi connectivity index (χ1v) is 6.49. The summed E-state index contributed by atoms with van der Waals surface area (Å²) in [5.41, 5.74) is 3.27. The molecule has 0 unspecified atom stereocenters. The van der Waals surface area contributed by atoms with Gasteiger partial charge in [0.15, 0.2) is 0 Å². The third-order valence-corrected chi connectivity index (χ3v) is 4.19. The van der Waals surface area contributed by atoms with Gasteiger partial charge >= 0.3 is 0 Å². The van der Waals surface area contributed by atoms with Crippen LogP contribution in [-0.2, 0) is 4.79 Å². The Morgan fingerprint density at radius 3 is 2.75 bits per heavy atom. The molecule has 0 amide bonds. The minimum atomic E-state index is 0.447. The van der Waals surface area contributed by atoms with Crippen LogP contribution >= 0.6 is 0 Å². The van der Waals surface area contributed by atoms with E-state index in [-0.39, 0.29) is 0 Å². The third-order valence-electron chi connectivity index (χ3n) is 4.19. The molecule has 1 aliphatic heterocycles. The van der Waals surface area contributed by atoms with Gasteiger partial charge < -0.3 is 0 Å². The van der Waals surface area contributed by atoms with Gasteiger partial charge in [-0.15, -0.1) is 0 Å². The van der Waals surface area contributed by atoms with Crippen LogP contribution in [0.5, 0.6) is 0 Å². The van der Waals surface area contributed by atoms with Crippen LogP contribution in [0.3, 0.4) is 0 Å². The van der Waals surface area contributed by atoms with E-state index in [1.165, 1.54) is 25.7 Å². The minimum Gasteiger partial charge on any atom is -0.300 e. The van der Waals surface area contributed by atoms with E-state index in [1.807, 2.05) is 0 Å². The van der Waals surface area contributed by atoms with Crippen molar-refractivity contribution in [1.29, 1.82) is 0 Å². The molecule has 0 aromatic rings. The number of ketones is 1. The van der Waals surface area contributed by atoms with Crippen LogP contribution in [0, 0.1) is 0 Å². The van der Waals surface area contributed by atoms with Gasteiger partial charge in [0, 0.05) is 32.0 Å². The molecular formula is C14H19NO.